The largest absolute Gasteiger partial charge is 0.396 e. The van der Waals surface area contributed by atoms with Crippen LogP contribution in [0.2, 0.25) is 0 Å². The lowest BCUT2D eigenvalue weighted by atomic mass is 9.46. The molecule has 0 saturated heterocycles. The Morgan fingerprint density at radius 1 is 1.09 bits per heavy atom. The van der Waals surface area contributed by atoms with E-state index in [9.17, 15) is 5.11 Å². The van der Waals surface area contributed by atoms with Gasteiger partial charge >= 0.3 is 0 Å². The molecule has 2 heteroatoms. The van der Waals surface area contributed by atoms with Crippen LogP contribution in [0.4, 0.5) is 0 Å². The quantitative estimate of drug-likeness (QED) is 0.598. The molecule has 1 saturated carbocycles. The second-order valence-electron chi connectivity index (χ2n) is 4.78. The third-order valence-corrected chi connectivity index (χ3v) is 3.39. The first-order valence-corrected chi connectivity index (χ1v) is 4.14. The molecule has 0 aromatic heterocycles. The molecule has 1 fully saturated rings. The predicted octanol–water partition coefficient (Wildman–Crippen LogP) is 1.02. The Bertz CT molecular complexity index is 145. The summed E-state index contributed by atoms with van der Waals surface area (Å²) in [6, 6.07) is 0. The third-order valence-electron chi connectivity index (χ3n) is 3.39. The van der Waals surface area contributed by atoms with Gasteiger partial charge in [0.2, 0.25) is 0 Å². The number of hydrogen-bond donors (Lipinski definition) is 2. The minimum atomic E-state index is -0.285. The Hall–Kier alpha value is -0.0800. The van der Waals surface area contributed by atoms with Crippen molar-refractivity contribution in [2.45, 2.75) is 33.8 Å². The number of aliphatic hydroxyl groups excluding tert-OH is 2. The molecule has 0 aromatic rings. The first-order chi connectivity index (χ1) is 4.85. The van der Waals surface area contributed by atoms with Gasteiger partial charge in [-0.25, -0.2) is 0 Å². The maximum atomic E-state index is 9.69. The van der Waals surface area contributed by atoms with Crippen LogP contribution in [0.3, 0.4) is 0 Å². The van der Waals surface area contributed by atoms with Crippen molar-refractivity contribution in [2.24, 2.45) is 16.7 Å². The zero-order valence-corrected chi connectivity index (χ0v) is 7.76. The molecule has 1 aliphatic rings. The predicted molar refractivity (Wildman–Crippen MR) is 44.1 cm³/mol. The van der Waals surface area contributed by atoms with Crippen LogP contribution in [0.5, 0.6) is 0 Å². The molecule has 1 rings (SSSR count). The van der Waals surface area contributed by atoms with E-state index in [-0.39, 0.29) is 29.5 Å². The van der Waals surface area contributed by atoms with Gasteiger partial charge in [-0.15, -0.1) is 0 Å². The van der Waals surface area contributed by atoms with Crippen molar-refractivity contribution in [3.63, 3.8) is 0 Å². The Balaban J connectivity index is 2.79. The first-order valence-electron chi connectivity index (χ1n) is 4.14. The summed E-state index contributed by atoms with van der Waals surface area (Å²) in [5.41, 5.74) is -0.226. The van der Waals surface area contributed by atoms with Gasteiger partial charge in [0, 0.05) is 6.61 Å². The maximum Gasteiger partial charge on any atom is 0.0649 e. The fourth-order valence-electron chi connectivity index (χ4n) is 2.67. The van der Waals surface area contributed by atoms with Crippen LogP contribution in [-0.4, -0.2) is 22.9 Å². The van der Waals surface area contributed by atoms with Gasteiger partial charge < -0.3 is 10.2 Å². The van der Waals surface area contributed by atoms with E-state index >= 15 is 0 Å². The second-order valence-corrected chi connectivity index (χ2v) is 4.78. The second kappa shape index (κ2) is 2.20. The lowest BCUT2D eigenvalue weighted by Crippen LogP contribution is -2.64. The summed E-state index contributed by atoms with van der Waals surface area (Å²) in [4.78, 5) is 0. The molecular weight excluding hydrogens is 140 g/mol. The van der Waals surface area contributed by atoms with E-state index in [1.165, 1.54) is 0 Å². The number of hydrogen-bond acceptors (Lipinski definition) is 2. The van der Waals surface area contributed by atoms with E-state index in [4.69, 9.17) is 5.11 Å². The van der Waals surface area contributed by atoms with E-state index in [0.29, 0.717) is 0 Å². The van der Waals surface area contributed by atoms with Gasteiger partial charge in [-0.3, -0.25) is 0 Å². The maximum absolute atomic E-state index is 9.69. The van der Waals surface area contributed by atoms with Gasteiger partial charge in [-0.1, -0.05) is 27.7 Å². The minimum absolute atomic E-state index is 0.113. The molecule has 11 heavy (non-hydrogen) atoms. The van der Waals surface area contributed by atoms with Crippen LogP contribution in [0.25, 0.3) is 0 Å². The molecule has 0 amide bonds. The van der Waals surface area contributed by atoms with E-state index in [1.807, 2.05) is 27.7 Å². The molecule has 0 unspecified atom stereocenters. The average molecular weight is 158 g/mol. The van der Waals surface area contributed by atoms with E-state index in [1.54, 1.807) is 0 Å². The van der Waals surface area contributed by atoms with Crippen LogP contribution in [0, 0.1) is 16.7 Å². The average Bonchev–Trinajstić information content (AvgIpc) is 1.86. The van der Waals surface area contributed by atoms with Crippen molar-refractivity contribution >= 4 is 0 Å². The highest BCUT2D eigenvalue weighted by Crippen LogP contribution is 2.58. The highest BCUT2D eigenvalue weighted by atomic mass is 16.3. The van der Waals surface area contributed by atoms with Gasteiger partial charge in [-0.05, 0) is 16.7 Å². The van der Waals surface area contributed by atoms with Crippen molar-refractivity contribution in [3.05, 3.63) is 0 Å². The molecule has 0 bridgehead atoms. The monoisotopic (exact) mass is 158 g/mol. The summed E-state index contributed by atoms with van der Waals surface area (Å²) in [6.07, 6.45) is -0.285. The van der Waals surface area contributed by atoms with Crippen LogP contribution in [0.15, 0.2) is 0 Å². The zero-order valence-electron chi connectivity index (χ0n) is 7.76. The van der Waals surface area contributed by atoms with Crippen molar-refractivity contribution in [1.29, 1.82) is 0 Å². The molecule has 1 aliphatic carbocycles. The Morgan fingerprint density at radius 2 is 1.45 bits per heavy atom. The highest BCUT2D eigenvalue weighted by molar-refractivity contribution is 5.08. The Kier molecular flexibility index (Phi) is 1.81. The molecular formula is C9H18O2. The van der Waals surface area contributed by atoms with E-state index < -0.39 is 0 Å². The fourth-order valence-corrected chi connectivity index (χ4v) is 2.67. The Labute approximate surface area is 68.2 Å². The lowest BCUT2D eigenvalue weighted by molar-refractivity contribution is -0.223. The zero-order chi connectivity index (χ0) is 8.86. The SMILES string of the molecule is CC1(C)C(O)C(C)(C)C1CO. The molecule has 0 heterocycles. The minimum Gasteiger partial charge on any atom is -0.396 e. The summed E-state index contributed by atoms with van der Waals surface area (Å²) in [7, 11) is 0. The highest BCUT2D eigenvalue weighted by Gasteiger charge is 2.60. The molecule has 0 atom stereocenters. The number of rotatable bonds is 1. The summed E-state index contributed by atoms with van der Waals surface area (Å²) in [5.74, 6) is 0.227. The molecule has 66 valence electrons. The third kappa shape index (κ3) is 0.926. The molecule has 0 aliphatic heterocycles. The summed E-state index contributed by atoms with van der Waals surface area (Å²) in [6.45, 7) is 8.19. The molecule has 0 spiro atoms. The van der Waals surface area contributed by atoms with Gasteiger partial charge in [0.15, 0.2) is 0 Å². The smallest absolute Gasteiger partial charge is 0.0649 e. The van der Waals surface area contributed by atoms with E-state index in [0.717, 1.165) is 0 Å². The molecule has 0 aromatic carbocycles. The van der Waals surface area contributed by atoms with Gasteiger partial charge in [0.05, 0.1) is 6.10 Å². The van der Waals surface area contributed by atoms with Crippen molar-refractivity contribution in [3.8, 4) is 0 Å². The normalized spacial score (nSPS) is 39.8. The van der Waals surface area contributed by atoms with Gasteiger partial charge in [-0.2, -0.15) is 0 Å². The van der Waals surface area contributed by atoms with Gasteiger partial charge in [0.25, 0.3) is 0 Å². The van der Waals surface area contributed by atoms with Crippen molar-refractivity contribution < 1.29 is 10.2 Å². The van der Waals surface area contributed by atoms with E-state index in [2.05, 4.69) is 0 Å². The van der Waals surface area contributed by atoms with Crippen molar-refractivity contribution in [1.82, 2.24) is 0 Å². The van der Waals surface area contributed by atoms with Crippen LogP contribution < -0.4 is 0 Å². The van der Waals surface area contributed by atoms with Crippen LogP contribution >= 0.6 is 0 Å². The summed E-state index contributed by atoms with van der Waals surface area (Å²) >= 11 is 0. The summed E-state index contributed by atoms with van der Waals surface area (Å²) in [5, 5.41) is 18.8. The van der Waals surface area contributed by atoms with Crippen molar-refractivity contribution in [2.75, 3.05) is 6.61 Å². The molecule has 0 radical (unpaired) electrons. The summed E-state index contributed by atoms with van der Waals surface area (Å²) < 4.78 is 0. The number of aliphatic hydroxyl groups is 2. The first kappa shape index (κ1) is 9.01. The van der Waals surface area contributed by atoms with Gasteiger partial charge in [0.1, 0.15) is 0 Å². The lowest BCUT2D eigenvalue weighted by Gasteiger charge is -2.61. The molecule has 2 nitrogen and oxygen atoms in total. The van der Waals surface area contributed by atoms with Crippen LogP contribution in [-0.2, 0) is 0 Å². The topological polar surface area (TPSA) is 40.5 Å². The standard InChI is InChI=1S/C9H18O2/c1-8(2)6(5-10)9(3,4)7(8)11/h6-7,10-11H,5H2,1-4H3. The van der Waals surface area contributed by atoms with Crippen LogP contribution in [0.1, 0.15) is 27.7 Å². The molecule has 2 N–H and O–H groups in total. The fraction of sp³-hybridized carbons (Fsp3) is 1.00. The Morgan fingerprint density at radius 3 is 1.64 bits per heavy atom.